The van der Waals surface area contributed by atoms with Crippen LogP contribution in [-0.2, 0) is 11.3 Å². The molecule has 0 unspecified atom stereocenters. The van der Waals surface area contributed by atoms with Crippen molar-refractivity contribution in [3.8, 4) is 5.88 Å². The predicted octanol–water partition coefficient (Wildman–Crippen LogP) is 1.86. The SMILES string of the molecule is COCCCNC(=O)NCc1cccnc1OCC(F)(F)F. The first-order valence-electron chi connectivity index (χ1n) is 6.56. The predicted molar refractivity (Wildman–Crippen MR) is 72.5 cm³/mol. The Balaban J connectivity index is 2.43. The largest absolute Gasteiger partial charge is 0.468 e. The van der Waals surface area contributed by atoms with Crippen molar-refractivity contribution in [3.05, 3.63) is 23.9 Å². The lowest BCUT2D eigenvalue weighted by Gasteiger charge is -2.12. The number of hydrogen-bond donors (Lipinski definition) is 2. The van der Waals surface area contributed by atoms with Crippen LogP contribution in [0.5, 0.6) is 5.88 Å². The molecular formula is C13H18F3N3O3. The molecule has 1 heterocycles. The standard InChI is InChI=1S/C13H18F3N3O3/c1-21-7-3-6-18-12(20)19-8-10-4-2-5-17-11(10)22-9-13(14,15)16/h2,4-5H,3,6-9H2,1H3,(H2,18,19,20). The molecule has 22 heavy (non-hydrogen) atoms. The molecule has 9 heteroatoms. The summed E-state index contributed by atoms with van der Waals surface area (Å²) in [6, 6.07) is 2.65. The van der Waals surface area contributed by atoms with Gasteiger partial charge in [-0.3, -0.25) is 0 Å². The van der Waals surface area contributed by atoms with E-state index in [0.29, 0.717) is 25.1 Å². The molecule has 0 aliphatic carbocycles. The molecule has 0 bridgehead atoms. The number of carbonyl (C=O) groups is 1. The van der Waals surface area contributed by atoms with Gasteiger partial charge in [0, 0.05) is 38.6 Å². The Labute approximate surface area is 126 Å². The van der Waals surface area contributed by atoms with Gasteiger partial charge in [0.1, 0.15) is 0 Å². The topological polar surface area (TPSA) is 72.5 Å². The molecule has 0 radical (unpaired) electrons. The number of hydrogen-bond acceptors (Lipinski definition) is 4. The van der Waals surface area contributed by atoms with Gasteiger partial charge in [-0.1, -0.05) is 6.07 Å². The van der Waals surface area contributed by atoms with Gasteiger partial charge in [-0.25, -0.2) is 9.78 Å². The van der Waals surface area contributed by atoms with E-state index in [-0.39, 0.29) is 12.4 Å². The summed E-state index contributed by atoms with van der Waals surface area (Å²) in [7, 11) is 1.56. The first-order valence-corrected chi connectivity index (χ1v) is 6.56. The second-order valence-electron chi connectivity index (χ2n) is 4.33. The van der Waals surface area contributed by atoms with Crippen molar-refractivity contribution in [1.29, 1.82) is 0 Å². The quantitative estimate of drug-likeness (QED) is 0.717. The molecule has 1 aromatic heterocycles. The van der Waals surface area contributed by atoms with Crippen LogP contribution in [0.1, 0.15) is 12.0 Å². The number of pyridine rings is 1. The van der Waals surface area contributed by atoms with E-state index < -0.39 is 18.8 Å². The molecule has 1 aromatic rings. The number of ether oxygens (including phenoxy) is 2. The van der Waals surface area contributed by atoms with Crippen LogP contribution < -0.4 is 15.4 Å². The normalized spacial score (nSPS) is 11.1. The van der Waals surface area contributed by atoms with Gasteiger partial charge >= 0.3 is 12.2 Å². The summed E-state index contributed by atoms with van der Waals surface area (Å²) in [5.41, 5.74) is 0.360. The lowest BCUT2D eigenvalue weighted by atomic mass is 10.2. The molecule has 1 rings (SSSR count). The van der Waals surface area contributed by atoms with Gasteiger partial charge in [0.25, 0.3) is 0 Å². The van der Waals surface area contributed by atoms with E-state index in [1.807, 2.05) is 0 Å². The zero-order valence-corrected chi connectivity index (χ0v) is 12.1. The molecule has 2 amide bonds. The monoisotopic (exact) mass is 321 g/mol. The average Bonchev–Trinajstić information content (AvgIpc) is 2.47. The average molecular weight is 321 g/mol. The number of methoxy groups -OCH3 is 1. The Morgan fingerprint density at radius 1 is 1.36 bits per heavy atom. The van der Waals surface area contributed by atoms with Crippen molar-refractivity contribution in [2.45, 2.75) is 19.1 Å². The Hall–Kier alpha value is -2.03. The van der Waals surface area contributed by atoms with Crippen LogP contribution in [0.15, 0.2) is 18.3 Å². The highest BCUT2D eigenvalue weighted by Gasteiger charge is 2.29. The number of rotatable bonds is 8. The minimum absolute atomic E-state index is 0.0111. The molecule has 0 aliphatic rings. The van der Waals surface area contributed by atoms with E-state index in [0.717, 1.165) is 0 Å². The summed E-state index contributed by atoms with van der Waals surface area (Å²) in [5, 5.41) is 5.11. The van der Waals surface area contributed by atoms with Crippen molar-refractivity contribution in [1.82, 2.24) is 15.6 Å². The second kappa shape index (κ2) is 9.08. The summed E-state index contributed by atoms with van der Waals surface area (Å²) < 4.78 is 45.9. The van der Waals surface area contributed by atoms with Gasteiger partial charge in [0.05, 0.1) is 0 Å². The van der Waals surface area contributed by atoms with Crippen LogP contribution in [-0.4, -0.2) is 44.1 Å². The van der Waals surface area contributed by atoms with E-state index in [9.17, 15) is 18.0 Å². The number of aromatic nitrogens is 1. The van der Waals surface area contributed by atoms with E-state index in [2.05, 4.69) is 20.4 Å². The number of urea groups is 1. The Kier molecular flexibility index (Phi) is 7.44. The van der Waals surface area contributed by atoms with Crippen molar-refractivity contribution >= 4 is 6.03 Å². The fourth-order valence-electron chi connectivity index (χ4n) is 1.50. The van der Waals surface area contributed by atoms with Gasteiger partial charge in [0.15, 0.2) is 6.61 Å². The van der Waals surface area contributed by atoms with Crippen LogP contribution >= 0.6 is 0 Å². The Bertz CT molecular complexity index is 469. The summed E-state index contributed by atoms with van der Waals surface area (Å²) in [6.45, 7) is -0.459. The maximum absolute atomic E-state index is 12.1. The van der Waals surface area contributed by atoms with Gasteiger partial charge in [-0.05, 0) is 12.5 Å². The highest BCUT2D eigenvalue weighted by molar-refractivity contribution is 5.73. The number of nitrogens with zero attached hydrogens (tertiary/aromatic N) is 1. The molecule has 2 N–H and O–H groups in total. The summed E-state index contributed by atoms with van der Waals surface area (Å²) in [4.78, 5) is 15.2. The first kappa shape index (κ1) is 18.0. The summed E-state index contributed by atoms with van der Waals surface area (Å²) in [5.74, 6) is -0.153. The number of halogens is 3. The summed E-state index contributed by atoms with van der Waals surface area (Å²) in [6.07, 6.45) is -2.46. The van der Waals surface area contributed by atoms with Crippen LogP contribution in [0.25, 0.3) is 0 Å². The lowest BCUT2D eigenvalue weighted by Crippen LogP contribution is -2.36. The number of amides is 2. The third kappa shape index (κ3) is 7.67. The number of nitrogens with one attached hydrogen (secondary N) is 2. The third-order valence-electron chi connectivity index (χ3n) is 2.47. The molecule has 0 saturated heterocycles. The zero-order valence-electron chi connectivity index (χ0n) is 12.1. The van der Waals surface area contributed by atoms with Gasteiger partial charge in [-0.2, -0.15) is 13.2 Å². The van der Waals surface area contributed by atoms with Crippen LogP contribution in [0.2, 0.25) is 0 Å². The van der Waals surface area contributed by atoms with Crippen molar-refractivity contribution in [3.63, 3.8) is 0 Å². The van der Waals surface area contributed by atoms with Crippen molar-refractivity contribution < 1.29 is 27.4 Å². The van der Waals surface area contributed by atoms with E-state index in [1.165, 1.54) is 12.3 Å². The maximum atomic E-state index is 12.1. The minimum atomic E-state index is -4.44. The third-order valence-corrected chi connectivity index (χ3v) is 2.47. The molecule has 0 aliphatic heterocycles. The molecule has 0 saturated carbocycles. The summed E-state index contributed by atoms with van der Waals surface area (Å²) >= 11 is 0. The molecule has 0 fully saturated rings. The number of alkyl halides is 3. The van der Waals surface area contributed by atoms with Gasteiger partial charge < -0.3 is 20.1 Å². The maximum Gasteiger partial charge on any atom is 0.422 e. The van der Waals surface area contributed by atoms with E-state index in [4.69, 9.17) is 4.74 Å². The zero-order chi connectivity index (χ0) is 16.4. The Morgan fingerprint density at radius 2 is 2.14 bits per heavy atom. The fourth-order valence-corrected chi connectivity index (χ4v) is 1.50. The molecule has 0 atom stereocenters. The first-order chi connectivity index (χ1) is 10.4. The Morgan fingerprint density at radius 3 is 2.82 bits per heavy atom. The van der Waals surface area contributed by atoms with Crippen LogP contribution in [0.4, 0.5) is 18.0 Å². The van der Waals surface area contributed by atoms with E-state index >= 15 is 0 Å². The molecule has 0 aromatic carbocycles. The smallest absolute Gasteiger partial charge is 0.422 e. The van der Waals surface area contributed by atoms with Crippen molar-refractivity contribution in [2.24, 2.45) is 0 Å². The highest BCUT2D eigenvalue weighted by Crippen LogP contribution is 2.19. The highest BCUT2D eigenvalue weighted by atomic mass is 19.4. The van der Waals surface area contributed by atoms with E-state index in [1.54, 1.807) is 13.2 Å². The van der Waals surface area contributed by atoms with Gasteiger partial charge in [0.2, 0.25) is 5.88 Å². The fraction of sp³-hybridized carbons (Fsp3) is 0.538. The van der Waals surface area contributed by atoms with Gasteiger partial charge in [-0.15, -0.1) is 0 Å². The van der Waals surface area contributed by atoms with Crippen LogP contribution in [0.3, 0.4) is 0 Å². The molecule has 124 valence electrons. The second-order valence-corrected chi connectivity index (χ2v) is 4.33. The molecule has 0 spiro atoms. The minimum Gasteiger partial charge on any atom is -0.468 e. The van der Waals surface area contributed by atoms with Crippen LogP contribution in [0, 0.1) is 0 Å². The molecule has 6 nitrogen and oxygen atoms in total. The number of carbonyl (C=O) groups excluding carboxylic acids is 1. The van der Waals surface area contributed by atoms with Crippen molar-refractivity contribution in [2.75, 3.05) is 26.9 Å². The molecular weight excluding hydrogens is 303 g/mol. The lowest BCUT2D eigenvalue weighted by molar-refractivity contribution is -0.154.